The van der Waals surface area contributed by atoms with Crippen molar-refractivity contribution in [2.24, 2.45) is 5.92 Å². The van der Waals surface area contributed by atoms with Crippen molar-refractivity contribution in [3.05, 3.63) is 28.8 Å². The molecule has 1 aromatic carbocycles. The lowest BCUT2D eigenvalue weighted by molar-refractivity contribution is 0.642. The largest absolute Gasteiger partial charge is 0.398 e. The second-order valence-corrected chi connectivity index (χ2v) is 5.91. The summed E-state index contributed by atoms with van der Waals surface area (Å²) in [4.78, 5) is 0. The first-order valence-electron chi connectivity index (χ1n) is 5.16. The normalized spacial score (nSPS) is 13.1. The lowest BCUT2D eigenvalue weighted by Gasteiger charge is -2.15. The minimum atomic E-state index is 0.653. The van der Waals surface area contributed by atoms with Crippen LogP contribution in [0.3, 0.4) is 0 Å². The zero-order valence-corrected chi connectivity index (χ0v) is 11.0. The minimum absolute atomic E-state index is 0.653. The summed E-state index contributed by atoms with van der Waals surface area (Å²) in [6, 6.07) is 5.73. The third-order valence-electron chi connectivity index (χ3n) is 2.55. The first-order chi connectivity index (χ1) is 7.00. The smallest absolute Gasteiger partial charge is 0.0426 e. The first-order valence-corrected chi connectivity index (χ1v) is 6.59. The molecule has 0 amide bonds. The van der Waals surface area contributed by atoms with Gasteiger partial charge >= 0.3 is 0 Å². The number of thioether (sulfide) groups is 1. The van der Waals surface area contributed by atoms with Gasteiger partial charge in [-0.15, -0.1) is 0 Å². The maximum Gasteiger partial charge on any atom is 0.0426 e. The summed E-state index contributed by atoms with van der Waals surface area (Å²) in [7, 11) is 0. The molecule has 0 heterocycles. The van der Waals surface area contributed by atoms with Crippen LogP contribution in [0.15, 0.2) is 18.2 Å². The molecule has 0 saturated carbocycles. The predicted molar refractivity (Wildman–Crippen MR) is 71.5 cm³/mol. The fourth-order valence-electron chi connectivity index (χ4n) is 1.11. The van der Waals surface area contributed by atoms with Gasteiger partial charge in [-0.25, -0.2) is 0 Å². The Balaban J connectivity index is 2.58. The zero-order valence-electron chi connectivity index (χ0n) is 9.46. The standard InChI is InChI=1S/C12H18ClNS/c1-8(2)9(3)15-7-10-4-5-11(13)6-12(10)14/h4-6,8-9H,7,14H2,1-3H3. The molecule has 3 heteroatoms. The summed E-state index contributed by atoms with van der Waals surface area (Å²) in [6.45, 7) is 6.73. The Morgan fingerprint density at radius 1 is 1.33 bits per heavy atom. The summed E-state index contributed by atoms with van der Waals surface area (Å²) in [6.07, 6.45) is 0. The fourth-order valence-corrected chi connectivity index (χ4v) is 2.38. The Labute approximate surface area is 101 Å². The number of nitrogens with two attached hydrogens (primary N) is 1. The third kappa shape index (κ3) is 3.96. The molecule has 1 nitrogen and oxygen atoms in total. The highest BCUT2D eigenvalue weighted by molar-refractivity contribution is 7.99. The third-order valence-corrected chi connectivity index (χ3v) is 4.33. The van der Waals surface area contributed by atoms with Gasteiger partial charge in [0.05, 0.1) is 0 Å². The van der Waals surface area contributed by atoms with E-state index in [1.54, 1.807) is 0 Å². The van der Waals surface area contributed by atoms with Crippen LogP contribution < -0.4 is 5.73 Å². The summed E-state index contributed by atoms with van der Waals surface area (Å²) < 4.78 is 0. The van der Waals surface area contributed by atoms with Crippen LogP contribution in [-0.2, 0) is 5.75 Å². The number of halogens is 1. The van der Waals surface area contributed by atoms with E-state index in [9.17, 15) is 0 Å². The molecule has 0 bridgehead atoms. The van der Waals surface area contributed by atoms with E-state index in [1.165, 1.54) is 5.56 Å². The quantitative estimate of drug-likeness (QED) is 0.803. The van der Waals surface area contributed by atoms with E-state index < -0.39 is 0 Å². The van der Waals surface area contributed by atoms with E-state index >= 15 is 0 Å². The number of hydrogen-bond donors (Lipinski definition) is 1. The Hall–Kier alpha value is -0.340. The summed E-state index contributed by atoms with van der Waals surface area (Å²) >= 11 is 7.78. The van der Waals surface area contributed by atoms with Gasteiger partial charge < -0.3 is 5.73 Å². The topological polar surface area (TPSA) is 26.0 Å². The Morgan fingerprint density at radius 3 is 2.53 bits per heavy atom. The van der Waals surface area contributed by atoms with Crippen LogP contribution in [0.5, 0.6) is 0 Å². The Kier molecular flexibility index (Phi) is 4.81. The number of rotatable bonds is 4. The lowest BCUT2D eigenvalue weighted by atomic mass is 10.2. The summed E-state index contributed by atoms with van der Waals surface area (Å²) in [5.41, 5.74) is 7.86. The van der Waals surface area contributed by atoms with Crippen LogP contribution >= 0.6 is 23.4 Å². The van der Waals surface area contributed by atoms with Gasteiger partial charge in [0.1, 0.15) is 0 Å². The Bertz CT molecular complexity index is 325. The molecule has 2 N–H and O–H groups in total. The van der Waals surface area contributed by atoms with Crippen molar-refractivity contribution in [3.63, 3.8) is 0 Å². The van der Waals surface area contributed by atoms with Crippen molar-refractivity contribution in [3.8, 4) is 0 Å². The van der Waals surface area contributed by atoms with Crippen LogP contribution in [-0.4, -0.2) is 5.25 Å². The van der Waals surface area contributed by atoms with E-state index in [-0.39, 0.29) is 0 Å². The maximum atomic E-state index is 5.89. The van der Waals surface area contributed by atoms with Crippen molar-refractivity contribution in [2.75, 3.05) is 5.73 Å². The van der Waals surface area contributed by atoms with Crippen molar-refractivity contribution in [1.29, 1.82) is 0 Å². The maximum absolute atomic E-state index is 5.89. The Morgan fingerprint density at radius 2 is 2.00 bits per heavy atom. The molecule has 0 aliphatic rings. The second-order valence-electron chi connectivity index (χ2n) is 4.10. The monoisotopic (exact) mass is 243 g/mol. The van der Waals surface area contributed by atoms with Gasteiger partial charge in [-0.2, -0.15) is 11.8 Å². The molecule has 1 atom stereocenters. The van der Waals surface area contributed by atoms with Gasteiger partial charge in [-0.05, 0) is 23.6 Å². The molecule has 1 unspecified atom stereocenters. The van der Waals surface area contributed by atoms with Crippen molar-refractivity contribution < 1.29 is 0 Å². The lowest BCUT2D eigenvalue weighted by Crippen LogP contribution is -2.06. The molecule has 0 spiro atoms. The predicted octanol–water partition coefficient (Wildman–Crippen LogP) is 4.20. The molecule has 0 aliphatic heterocycles. The highest BCUT2D eigenvalue weighted by atomic mass is 35.5. The average molecular weight is 244 g/mol. The summed E-state index contributed by atoms with van der Waals surface area (Å²) in [5, 5.41) is 1.36. The van der Waals surface area contributed by atoms with Crippen molar-refractivity contribution in [1.82, 2.24) is 0 Å². The van der Waals surface area contributed by atoms with E-state index in [2.05, 4.69) is 20.8 Å². The number of nitrogen functional groups attached to an aromatic ring is 1. The van der Waals surface area contributed by atoms with E-state index in [4.69, 9.17) is 17.3 Å². The molecule has 1 rings (SSSR count). The molecular formula is C12H18ClNS. The minimum Gasteiger partial charge on any atom is -0.398 e. The van der Waals surface area contributed by atoms with E-state index in [1.807, 2.05) is 30.0 Å². The van der Waals surface area contributed by atoms with Crippen LogP contribution in [0, 0.1) is 5.92 Å². The van der Waals surface area contributed by atoms with Gasteiger partial charge in [0, 0.05) is 21.7 Å². The highest BCUT2D eigenvalue weighted by Gasteiger charge is 2.08. The van der Waals surface area contributed by atoms with Crippen molar-refractivity contribution in [2.45, 2.75) is 31.8 Å². The van der Waals surface area contributed by atoms with Gasteiger partial charge in [-0.3, -0.25) is 0 Å². The van der Waals surface area contributed by atoms with Gasteiger partial charge in [-0.1, -0.05) is 38.4 Å². The molecule has 84 valence electrons. The van der Waals surface area contributed by atoms with Crippen LogP contribution in [0.1, 0.15) is 26.3 Å². The molecule has 0 aliphatic carbocycles. The van der Waals surface area contributed by atoms with Crippen LogP contribution in [0.25, 0.3) is 0 Å². The highest BCUT2D eigenvalue weighted by Crippen LogP contribution is 2.27. The van der Waals surface area contributed by atoms with Gasteiger partial charge in [0.2, 0.25) is 0 Å². The molecule has 1 aromatic rings. The van der Waals surface area contributed by atoms with Gasteiger partial charge in [0.15, 0.2) is 0 Å². The van der Waals surface area contributed by atoms with Crippen molar-refractivity contribution >= 4 is 29.1 Å². The van der Waals surface area contributed by atoms with E-state index in [0.29, 0.717) is 16.2 Å². The SMILES string of the molecule is CC(C)C(C)SCc1ccc(Cl)cc1N. The molecule has 15 heavy (non-hydrogen) atoms. The van der Waals surface area contributed by atoms with Gasteiger partial charge in [0.25, 0.3) is 0 Å². The molecule has 0 radical (unpaired) electrons. The average Bonchev–Trinajstić information content (AvgIpc) is 2.15. The number of anilines is 1. The molecule has 0 saturated heterocycles. The molecule has 0 fully saturated rings. The first kappa shape index (κ1) is 12.7. The second kappa shape index (κ2) is 5.66. The molecular weight excluding hydrogens is 226 g/mol. The fraction of sp³-hybridized carbons (Fsp3) is 0.500. The summed E-state index contributed by atoms with van der Waals surface area (Å²) in [5.74, 6) is 1.66. The zero-order chi connectivity index (χ0) is 11.4. The van der Waals surface area contributed by atoms with Crippen LogP contribution in [0.4, 0.5) is 5.69 Å². The number of benzene rings is 1. The van der Waals surface area contributed by atoms with Crippen LogP contribution in [0.2, 0.25) is 5.02 Å². The number of hydrogen-bond acceptors (Lipinski definition) is 2. The van der Waals surface area contributed by atoms with E-state index in [0.717, 1.165) is 11.4 Å². The molecule has 0 aromatic heterocycles.